The molecule has 0 bridgehead atoms. The molecule has 1 fully saturated rings. The fraction of sp³-hybridized carbons (Fsp3) is 0.583. The van der Waals surface area contributed by atoms with Crippen LogP contribution in [0.2, 0.25) is 0 Å². The van der Waals surface area contributed by atoms with Crippen LogP contribution in [-0.4, -0.2) is 47.0 Å². The average molecular weight is 280 g/mol. The van der Waals surface area contributed by atoms with Gasteiger partial charge in [-0.25, -0.2) is 15.8 Å². The number of nitrogen functional groups attached to an aromatic ring is 1. The number of likely N-dealkylation sites (tertiary alicyclic amines) is 1. The summed E-state index contributed by atoms with van der Waals surface area (Å²) in [4.78, 5) is 22.1. The molecule has 110 valence electrons. The molecule has 1 saturated heterocycles. The predicted octanol–water partition coefficient (Wildman–Crippen LogP) is 0.194. The molecule has 4 N–H and O–H groups in total. The third kappa shape index (κ3) is 2.90. The third-order valence-corrected chi connectivity index (χ3v) is 3.29. The van der Waals surface area contributed by atoms with E-state index in [2.05, 4.69) is 20.7 Å². The predicted molar refractivity (Wildman–Crippen MR) is 75.3 cm³/mol. The number of nitrogens with two attached hydrogens (primary N) is 1. The van der Waals surface area contributed by atoms with E-state index in [4.69, 9.17) is 10.6 Å². The Morgan fingerprint density at radius 1 is 1.40 bits per heavy atom. The molecule has 1 amide bonds. The van der Waals surface area contributed by atoms with E-state index in [0.717, 1.165) is 25.9 Å². The SMILES string of the molecule is COc1c(NN)ncnc1NC(C)C(=O)N1CCCC1. The summed E-state index contributed by atoms with van der Waals surface area (Å²) in [5, 5.41) is 3.05. The number of aromatic nitrogens is 2. The average Bonchev–Trinajstić information content (AvgIpc) is 3.00. The number of nitrogens with zero attached hydrogens (tertiary/aromatic N) is 3. The van der Waals surface area contributed by atoms with Gasteiger partial charge in [0.1, 0.15) is 12.4 Å². The van der Waals surface area contributed by atoms with Crippen LogP contribution in [0.4, 0.5) is 11.6 Å². The van der Waals surface area contributed by atoms with Crippen molar-refractivity contribution in [3.05, 3.63) is 6.33 Å². The lowest BCUT2D eigenvalue weighted by atomic mass is 10.3. The van der Waals surface area contributed by atoms with Gasteiger partial charge >= 0.3 is 0 Å². The highest BCUT2D eigenvalue weighted by Crippen LogP contribution is 2.28. The van der Waals surface area contributed by atoms with Gasteiger partial charge in [0.25, 0.3) is 0 Å². The topological polar surface area (TPSA) is 105 Å². The van der Waals surface area contributed by atoms with Gasteiger partial charge in [0, 0.05) is 13.1 Å². The number of methoxy groups -OCH3 is 1. The van der Waals surface area contributed by atoms with E-state index < -0.39 is 0 Å². The minimum absolute atomic E-state index is 0.0606. The summed E-state index contributed by atoms with van der Waals surface area (Å²) in [7, 11) is 1.50. The Morgan fingerprint density at radius 3 is 2.65 bits per heavy atom. The van der Waals surface area contributed by atoms with Crippen LogP contribution in [0.25, 0.3) is 0 Å². The van der Waals surface area contributed by atoms with Crippen LogP contribution in [0, 0.1) is 0 Å². The normalized spacial score (nSPS) is 15.8. The van der Waals surface area contributed by atoms with E-state index in [1.165, 1.54) is 13.4 Å². The third-order valence-electron chi connectivity index (χ3n) is 3.29. The molecule has 1 aliphatic heterocycles. The van der Waals surface area contributed by atoms with Crippen molar-refractivity contribution >= 4 is 17.5 Å². The monoisotopic (exact) mass is 280 g/mol. The van der Waals surface area contributed by atoms with Gasteiger partial charge in [-0.1, -0.05) is 0 Å². The first kappa shape index (κ1) is 14.3. The molecule has 0 radical (unpaired) electrons. The molecule has 1 aromatic rings. The summed E-state index contributed by atoms with van der Waals surface area (Å²) in [6, 6.07) is -0.387. The maximum atomic E-state index is 12.2. The quantitative estimate of drug-likeness (QED) is 0.522. The first-order valence-corrected chi connectivity index (χ1v) is 6.58. The maximum absolute atomic E-state index is 12.2. The van der Waals surface area contributed by atoms with Gasteiger partial charge < -0.3 is 20.4 Å². The van der Waals surface area contributed by atoms with Crippen LogP contribution in [0.5, 0.6) is 5.75 Å². The Balaban J connectivity index is 2.10. The minimum Gasteiger partial charge on any atom is -0.490 e. The summed E-state index contributed by atoms with van der Waals surface area (Å²) in [5.74, 6) is 6.61. The first-order chi connectivity index (χ1) is 9.67. The zero-order valence-corrected chi connectivity index (χ0v) is 11.7. The van der Waals surface area contributed by atoms with Crippen LogP contribution in [0.1, 0.15) is 19.8 Å². The zero-order valence-electron chi connectivity index (χ0n) is 11.7. The molecule has 1 unspecified atom stereocenters. The molecule has 0 aromatic carbocycles. The van der Waals surface area contributed by atoms with E-state index in [0.29, 0.717) is 17.4 Å². The first-order valence-electron chi connectivity index (χ1n) is 6.58. The van der Waals surface area contributed by atoms with E-state index in [-0.39, 0.29) is 11.9 Å². The van der Waals surface area contributed by atoms with Gasteiger partial charge in [0.15, 0.2) is 11.6 Å². The Kier molecular flexibility index (Phi) is 4.57. The van der Waals surface area contributed by atoms with Gasteiger partial charge in [-0.05, 0) is 19.8 Å². The Bertz CT molecular complexity index is 475. The smallest absolute Gasteiger partial charge is 0.244 e. The molecule has 0 spiro atoms. The molecule has 0 aliphatic carbocycles. The van der Waals surface area contributed by atoms with Crippen LogP contribution in [0.3, 0.4) is 0 Å². The maximum Gasteiger partial charge on any atom is 0.244 e. The lowest BCUT2D eigenvalue weighted by Crippen LogP contribution is -2.39. The van der Waals surface area contributed by atoms with Crippen LogP contribution >= 0.6 is 0 Å². The molecule has 0 saturated carbocycles. The summed E-state index contributed by atoms with van der Waals surface area (Å²) in [6.07, 6.45) is 3.49. The van der Waals surface area contributed by atoms with Crippen molar-refractivity contribution in [1.82, 2.24) is 14.9 Å². The van der Waals surface area contributed by atoms with Crippen molar-refractivity contribution in [2.45, 2.75) is 25.8 Å². The van der Waals surface area contributed by atoms with Gasteiger partial charge in [0.05, 0.1) is 7.11 Å². The Hall–Kier alpha value is -2.09. The largest absolute Gasteiger partial charge is 0.490 e. The van der Waals surface area contributed by atoms with Crippen LogP contribution in [0.15, 0.2) is 6.33 Å². The number of hydrazine groups is 1. The summed E-state index contributed by atoms with van der Waals surface area (Å²) >= 11 is 0. The van der Waals surface area contributed by atoms with E-state index in [9.17, 15) is 4.79 Å². The lowest BCUT2D eigenvalue weighted by Gasteiger charge is -2.22. The number of carbonyl (C=O) groups is 1. The summed E-state index contributed by atoms with van der Waals surface area (Å²) in [6.45, 7) is 3.44. The summed E-state index contributed by atoms with van der Waals surface area (Å²) in [5.41, 5.74) is 2.43. The second-order valence-corrected chi connectivity index (χ2v) is 4.65. The van der Waals surface area contributed by atoms with Gasteiger partial charge in [0.2, 0.25) is 11.7 Å². The Labute approximate surface area is 117 Å². The molecular formula is C12H20N6O2. The fourth-order valence-corrected chi connectivity index (χ4v) is 2.25. The second-order valence-electron chi connectivity index (χ2n) is 4.65. The standard InChI is InChI=1S/C12H20N6O2/c1-8(12(19)18-5-3-4-6-18)16-10-9(20-2)11(17-13)15-7-14-10/h7-8H,3-6,13H2,1-2H3,(H2,14,15,16,17). The molecule has 8 nitrogen and oxygen atoms in total. The molecule has 1 aromatic heterocycles. The number of hydrogen-bond acceptors (Lipinski definition) is 7. The number of nitrogens with one attached hydrogen (secondary N) is 2. The van der Waals surface area contributed by atoms with Crippen molar-refractivity contribution < 1.29 is 9.53 Å². The number of carbonyl (C=O) groups excluding carboxylic acids is 1. The van der Waals surface area contributed by atoms with Gasteiger partial charge in [-0.3, -0.25) is 4.79 Å². The molecule has 2 rings (SSSR count). The minimum atomic E-state index is -0.387. The molecular weight excluding hydrogens is 260 g/mol. The number of ether oxygens (including phenoxy) is 1. The van der Waals surface area contributed by atoms with E-state index >= 15 is 0 Å². The van der Waals surface area contributed by atoms with Gasteiger partial charge in [-0.15, -0.1) is 0 Å². The molecule has 2 heterocycles. The van der Waals surface area contributed by atoms with E-state index in [1.54, 1.807) is 6.92 Å². The van der Waals surface area contributed by atoms with Crippen molar-refractivity contribution in [3.63, 3.8) is 0 Å². The molecule has 1 atom stereocenters. The number of amides is 1. The highest BCUT2D eigenvalue weighted by atomic mass is 16.5. The zero-order chi connectivity index (χ0) is 14.5. The molecule has 1 aliphatic rings. The molecule has 8 heteroatoms. The highest BCUT2D eigenvalue weighted by Gasteiger charge is 2.24. The van der Waals surface area contributed by atoms with E-state index in [1.807, 2.05) is 4.90 Å². The number of hydrogen-bond donors (Lipinski definition) is 3. The van der Waals surface area contributed by atoms with Crippen molar-refractivity contribution in [2.24, 2.45) is 5.84 Å². The van der Waals surface area contributed by atoms with Crippen LogP contribution < -0.4 is 21.3 Å². The fourth-order valence-electron chi connectivity index (χ4n) is 2.25. The number of anilines is 2. The lowest BCUT2D eigenvalue weighted by molar-refractivity contribution is -0.130. The van der Waals surface area contributed by atoms with Crippen molar-refractivity contribution in [3.8, 4) is 5.75 Å². The Morgan fingerprint density at radius 2 is 2.05 bits per heavy atom. The van der Waals surface area contributed by atoms with Crippen molar-refractivity contribution in [1.29, 1.82) is 0 Å². The highest BCUT2D eigenvalue weighted by molar-refractivity contribution is 5.85. The second kappa shape index (κ2) is 6.38. The molecule has 20 heavy (non-hydrogen) atoms. The van der Waals surface area contributed by atoms with Gasteiger partial charge in [-0.2, -0.15) is 0 Å². The van der Waals surface area contributed by atoms with Crippen LogP contribution in [-0.2, 0) is 4.79 Å². The van der Waals surface area contributed by atoms with Crippen molar-refractivity contribution in [2.75, 3.05) is 30.9 Å². The summed E-state index contributed by atoms with van der Waals surface area (Å²) < 4.78 is 5.22. The number of rotatable bonds is 5.